The molecule has 1 amide bonds. The monoisotopic (exact) mass is 358 g/mol. The van der Waals surface area contributed by atoms with Gasteiger partial charge in [0.2, 0.25) is 5.91 Å². The third kappa shape index (κ3) is 3.54. The Hall–Kier alpha value is -0.580. The van der Waals surface area contributed by atoms with Crippen LogP contribution in [0.15, 0.2) is 22.7 Å². The number of benzene rings is 1. The Labute approximate surface area is 133 Å². The maximum absolute atomic E-state index is 12.7. The predicted molar refractivity (Wildman–Crippen MR) is 87.2 cm³/mol. The number of hydrogen-bond acceptors (Lipinski definition) is 2. The minimum Gasteiger partial charge on any atom is -0.326 e. The maximum Gasteiger partial charge on any atom is 0.231 e. The highest BCUT2D eigenvalue weighted by atomic mass is 79.9. The van der Waals surface area contributed by atoms with Crippen molar-refractivity contribution < 1.29 is 4.79 Å². The van der Waals surface area contributed by atoms with Gasteiger partial charge in [-0.15, -0.1) is 0 Å². The molecule has 1 aliphatic heterocycles. The summed E-state index contributed by atoms with van der Waals surface area (Å²) >= 11 is 9.35. The van der Waals surface area contributed by atoms with Crippen molar-refractivity contribution in [2.24, 2.45) is 5.41 Å². The lowest BCUT2D eigenvalue weighted by Gasteiger charge is -2.36. The molecule has 1 heterocycles. The molecule has 0 spiro atoms. The van der Waals surface area contributed by atoms with Gasteiger partial charge in [0.05, 0.1) is 10.4 Å². The van der Waals surface area contributed by atoms with E-state index in [-0.39, 0.29) is 11.3 Å². The molecule has 0 bridgehead atoms. The lowest BCUT2D eigenvalue weighted by atomic mass is 9.76. The molecule has 1 aromatic carbocycles. The van der Waals surface area contributed by atoms with Crippen molar-refractivity contribution in [2.75, 3.05) is 18.4 Å². The molecule has 1 unspecified atom stereocenters. The summed E-state index contributed by atoms with van der Waals surface area (Å²) in [5, 5.41) is 7.04. The summed E-state index contributed by atoms with van der Waals surface area (Å²) in [6.45, 7) is 3.90. The Balaban J connectivity index is 2.13. The second-order valence-corrected chi connectivity index (χ2v) is 6.66. The highest BCUT2D eigenvalue weighted by Gasteiger charge is 2.38. The molecule has 1 aromatic rings. The summed E-state index contributed by atoms with van der Waals surface area (Å²) in [7, 11) is 0. The standard InChI is InChI=1S/C15H20BrClN2O/c1-2-6-15(7-3-8-18-10-15)14(20)19-11-4-5-13(17)12(16)9-11/h4-5,9,18H,2-3,6-8,10H2,1H3,(H,19,20). The van der Waals surface area contributed by atoms with Crippen LogP contribution in [0.1, 0.15) is 32.6 Å². The molecule has 3 nitrogen and oxygen atoms in total. The van der Waals surface area contributed by atoms with Crippen LogP contribution in [0.2, 0.25) is 5.02 Å². The van der Waals surface area contributed by atoms with Crippen molar-refractivity contribution in [3.63, 3.8) is 0 Å². The molecule has 2 rings (SSSR count). The van der Waals surface area contributed by atoms with Crippen molar-refractivity contribution in [1.82, 2.24) is 5.32 Å². The lowest BCUT2D eigenvalue weighted by Crippen LogP contribution is -2.48. The minimum atomic E-state index is -0.279. The molecule has 0 radical (unpaired) electrons. The maximum atomic E-state index is 12.7. The van der Waals surface area contributed by atoms with Gasteiger partial charge in [0, 0.05) is 16.7 Å². The van der Waals surface area contributed by atoms with Crippen LogP contribution < -0.4 is 10.6 Å². The summed E-state index contributed by atoms with van der Waals surface area (Å²) in [4.78, 5) is 12.7. The summed E-state index contributed by atoms with van der Waals surface area (Å²) in [6.07, 6.45) is 3.94. The number of anilines is 1. The van der Waals surface area contributed by atoms with Crippen LogP contribution in [0.3, 0.4) is 0 Å². The molecule has 2 N–H and O–H groups in total. The normalized spacial score (nSPS) is 22.6. The van der Waals surface area contributed by atoms with Crippen molar-refractivity contribution in [2.45, 2.75) is 32.6 Å². The minimum absolute atomic E-state index is 0.112. The average molecular weight is 360 g/mol. The van der Waals surface area contributed by atoms with Crippen LogP contribution in [0.5, 0.6) is 0 Å². The van der Waals surface area contributed by atoms with E-state index in [9.17, 15) is 4.79 Å². The smallest absolute Gasteiger partial charge is 0.231 e. The van der Waals surface area contributed by atoms with E-state index in [0.717, 1.165) is 48.9 Å². The first-order chi connectivity index (χ1) is 9.57. The quantitative estimate of drug-likeness (QED) is 0.845. The van der Waals surface area contributed by atoms with Gasteiger partial charge < -0.3 is 10.6 Å². The molecule has 0 aliphatic carbocycles. The number of amides is 1. The number of hydrogen-bond donors (Lipinski definition) is 2. The zero-order valence-corrected chi connectivity index (χ0v) is 14.0. The molecule has 5 heteroatoms. The zero-order valence-electron chi connectivity index (χ0n) is 11.6. The van der Waals surface area contributed by atoms with E-state index < -0.39 is 0 Å². The fraction of sp³-hybridized carbons (Fsp3) is 0.533. The number of carbonyl (C=O) groups excluding carboxylic acids is 1. The van der Waals surface area contributed by atoms with E-state index in [2.05, 4.69) is 33.5 Å². The van der Waals surface area contributed by atoms with Gasteiger partial charge in [-0.25, -0.2) is 0 Å². The Morgan fingerprint density at radius 3 is 2.95 bits per heavy atom. The largest absolute Gasteiger partial charge is 0.326 e. The molecule has 1 atom stereocenters. The summed E-state index contributed by atoms with van der Waals surface area (Å²) in [5.41, 5.74) is 0.506. The zero-order chi connectivity index (χ0) is 14.6. The molecule has 1 aliphatic rings. The van der Waals surface area contributed by atoms with E-state index in [1.165, 1.54) is 0 Å². The van der Waals surface area contributed by atoms with Gasteiger partial charge in [-0.1, -0.05) is 24.9 Å². The van der Waals surface area contributed by atoms with Crippen LogP contribution in [0.4, 0.5) is 5.69 Å². The summed E-state index contributed by atoms with van der Waals surface area (Å²) < 4.78 is 0.795. The van der Waals surface area contributed by atoms with Crippen molar-refractivity contribution >= 4 is 39.1 Å². The predicted octanol–water partition coefficient (Wildman–Crippen LogP) is 4.21. The van der Waals surface area contributed by atoms with Gasteiger partial charge >= 0.3 is 0 Å². The molecule has 20 heavy (non-hydrogen) atoms. The third-order valence-electron chi connectivity index (χ3n) is 3.86. The fourth-order valence-electron chi connectivity index (χ4n) is 2.80. The molecule has 0 saturated carbocycles. The molecule has 110 valence electrons. The number of rotatable bonds is 4. The van der Waals surface area contributed by atoms with Gasteiger partial charge in [-0.3, -0.25) is 4.79 Å². The Morgan fingerprint density at radius 2 is 2.35 bits per heavy atom. The van der Waals surface area contributed by atoms with Crippen LogP contribution in [-0.2, 0) is 4.79 Å². The van der Waals surface area contributed by atoms with Gasteiger partial charge in [0.15, 0.2) is 0 Å². The van der Waals surface area contributed by atoms with Crippen molar-refractivity contribution in [3.05, 3.63) is 27.7 Å². The van der Waals surface area contributed by atoms with Crippen molar-refractivity contribution in [3.8, 4) is 0 Å². The van der Waals surface area contributed by atoms with Crippen LogP contribution >= 0.6 is 27.5 Å². The second kappa shape index (κ2) is 6.92. The van der Waals surface area contributed by atoms with E-state index in [0.29, 0.717) is 5.02 Å². The van der Waals surface area contributed by atoms with E-state index in [1.54, 1.807) is 6.07 Å². The first-order valence-corrected chi connectivity index (χ1v) is 8.22. The second-order valence-electron chi connectivity index (χ2n) is 5.39. The molecular weight excluding hydrogens is 340 g/mol. The third-order valence-corrected chi connectivity index (χ3v) is 5.07. The van der Waals surface area contributed by atoms with E-state index in [1.807, 2.05) is 12.1 Å². The number of piperidine rings is 1. The number of nitrogens with one attached hydrogen (secondary N) is 2. The lowest BCUT2D eigenvalue weighted by molar-refractivity contribution is -0.127. The van der Waals surface area contributed by atoms with Crippen LogP contribution in [-0.4, -0.2) is 19.0 Å². The van der Waals surface area contributed by atoms with Gasteiger partial charge in [-0.2, -0.15) is 0 Å². The fourth-order valence-corrected chi connectivity index (χ4v) is 3.30. The Kier molecular flexibility index (Phi) is 5.47. The van der Waals surface area contributed by atoms with Gasteiger partial charge in [-0.05, 0) is 59.9 Å². The average Bonchev–Trinajstić information content (AvgIpc) is 2.44. The highest BCUT2D eigenvalue weighted by Crippen LogP contribution is 2.34. The first kappa shape index (κ1) is 15.8. The van der Waals surface area contributed by atoms with Crippen molar-refractivity contribution in [1.29, 1.82) is 0 Å². The molecular formula is C15H20BrClN2O. The Morgan fingerprint density at radius 1 is 1.55 bits per heavy atom. The number of halogens is 2. The first-order valence-electron chi connectivity index (χ1n) is 7.04. The van der Waals surface area contributed by atoms with Crippen LogP contribution in [0, 0.1) is 5.41 Å². The molecule has 1 saturated heterocycles. The Bertz CT molecular complexity index is 481. The highest BCUT2D eigenvalue weighted by molar-refractivity contribution is 9.10. The van der Waals surface area contributed by atoms with E-state index in [4.69, 9.17) is 11.6 Å². The molecule has 0 aromatic heterocycles. The summed E-state index contributed by atoms with van der Waals surface area (Å²) in [5.74, 6) is 0.112. The number of carbonyl (C=O) groups is 1. The van der Waals surface area contributed by atoms with Crippen LogP contribution in [0.25, 0.3) is 0 Å². The SMILES string of the molecule is CCCC1(C(=O)Nc2ccc(Cl)c(Br)c2)CCCNC1. The topological polar surface area (TPSA) is 41.1 Å². The van der Waals surface area contributed by atoms with E-state index >= 15 is 0 Å². The molecule has 1 fully saturated rings. The van der Waals surface area contributed by atoms with Gasteiger partial charge in [0.1, 0.15) is 0 Å². The summed E-state index contributed by atoms with van der Waals surface area (Å²) in [6, 6.07) is 5.46. The van der Waals surface area contributed by atoms with Gasteiger partial charge in [0.25, 0.3) is 0 Å².